The van der Waals surface area contributed by atoms with Gasteiger partial charge in [0.05, 0.1) is 0 Å². The zero-order valence-corrected chi connectivity index (χ0v) is 13.9. The van der Waals surface area contributed by atoms with E-state index in [-0.39, 0.29) is 0 Å². The van der Waals surface area contributed by atoms with Gasteiger partial charge in [-0.25, -0.2) is 0 Å². The number of rotatable bonds is 5. The van der Waals surface area contributed by atoms with Crippen molar-refractivity contribution < 1.29 is 0 Å². The summed E-state index contributed by atoms with van der Waals surface area (Å²) < 4.78 is 0. The van der Waals surface area contributed by atoms with Crippen molar-refractivity contribution in [3.8, 4) is 0 Å². The highest BCUT2D eigenvalue weighted by molar-refractivity contribution is 4.95. The lowest BCUT2D eigenvalue weighted by Crippen LogP contribution is -2.57. The van der Waals surface area contributed by atoms with Gasteiger partial charge in [0.2, 0.25) is 0 Å². The maximum Gasteiger partial charge on any atom is 0.0200 e. The summed E-state index contributed by atoms with van der Waals surface area (Å²) in [5, 5.41) is 4.05. The highest BCUT2D eigenvalue weighted by Crippen LogP contribution is 2.40. The van der Waals surface area contributed by atoms with Crippen LogP contribution < -0.4 is 5.32 Å². The Labute approximate surface area is 131 Å². The fourth-order valence-corrected chi connectivity index (χ4v) is 5.25. The van der Waals surface area contributed by atoms with E-state index < -0.39 is 0 Å². The van der Waals surface area contributed by atoms with Crippen molar-refractivity contribution in [1.29, 1.82) is 0 Å². The number of nitrogens with one attached hydrogen (secondary N) is 1. The molecule has 3 saturated carbocycles. The normalized spacial score (nSPS) is 42.1. The second-order valence-corrected chi connectivity index (χ2v) is 8.70. The van der Waals surface area contributed by atoms with E-state index in [0.29, 0.717) is 0 Å². The molecular formula is C19H34N2. The predicted octanol–water partition coefficient (Wildman–Crippen LogP) is 3.81. The largest absolute Gasteiger partial charge is 0.310 e. The van der Waals surface area contributed by atoms with Crippen molar-refractivity contribution in [2.45, 2.75) is 89.3 Å². The fourth-order valence-electron chi connectivity index (χ4n) is 5.25. The predicted molar refractivity (Wildman–Crippen MR) is 88.4 cm³/mol. The number of hydrogen-bond acceptors (Lipinski definition) is 2. The Balaban J connectivity index is 1.36. The molecule has 0 spiro atoms. The molecule has 120 valence electrons. The quantitative estimate of drug-likeness (QED) is 0.828. The summed E-state index contributed by atoms with van der Waals surface area (Å²) >= 11 is 0. The molecule has 0 radical (unpaired) electrons. The Bertz CT molecular complexity index is 345. The Kier molecular flexibility index (Phi) is 4.28. The summed E-state index contributed by atoms with van der Waals surface area (Å²) in [6, 6.07) is 2.55. The number of hydrogen-bond donors (Lipinski definition) is 1. The number of likely N-dealkylation sites (tertiary alicyclic amines) is 1. The first-order chi connectivity index (χ1) is 10.3. The third kappa shape index (κ3) is 3.47. The van der Waals surface area contributed by atoms with Crippen LogP contribution in [0.1, 0.15) is 71.1 Å². The van der Waals surface area contributed by atoms with Crippen LogP contribution in [0.3, 0.4) is 0 Å². The molecule has 4 fully saturated rings. The summed E-state index contributed by atoms with van der Waals surface area (Å²) in [6.07, 6.45) is 14.8. The van der Waals surface area contributed by atoms with Crippen LogP contribution in [0.4, 0.5) is 0 Å². The van der Waals surface area contributed by atoms with E-state index >= 15 is 0 Å². The summed E-state index contributed by atoms with van der Waals surface area (Å²) in [5.41, 5.74) is 0. The molecule has 0 bridgehead atoms. The van der Waals surface area contributed by atoms with E-state index in [9.17, 15) is 0 Å². The van der Waals surface area contributed by atoms with Crippen molar-refractivity contribution in [3.05, 3.63) is 0 Å². The average molecular weight is 290 g/mol. The van der Waals surface area contributed by atoms with Crippen LogP contribution in [0.5, 0.6) is 0 Å². The monoisotopic (exact) mass is 290 g/mol. The lowest BCUT2D eigenvalue weighted by Gasteiger charge is -2.49. The summed E-state index contributed by atoms with van der Waals surface area (Å²) in [4.78, 5) is 2.89. The van der Waals surface area contributed by atoms with Gasteiger partial charge in [0.25, 0.3) is 0 Å². The van der Waals surface area contributed by atoms with E-state index in [2.05, 4.69) is 17.1 Å². The lowest BCUT2D eigenvalue weighted by molar-refractivity contribution is 0.0183. The van der Waals surface area contributed by atoms with Crippen molar-refractivity contribution in [1.82, 2.24) is 10.2 Å². The maximum atomic E-state index is 4.05. The van der Waals surface area contributed by atoms with Gasteiger partial charge in [-0.15, -0.1) is 0 Å². The van der Waals surface area contributed by atoms with Crippen molar-refractivity contribution in [2.24, 2.45) is 17.8 Å². The molecule has 4 rings (SSSR count). The van der Waals surface area contributed by atoms with Gasteiger partial charge < -0.3 is 5.32 Å². The summed E-state index contributed by atoms with van der Waals surface area (Å²) in [6.45, 7) is 5.22. The molecule has 4 atom stereocenters. The molecule has 1 heterocycles. The Morgan fingerprint density at radius 1 is 0.857 bits per heavy atom. The van der Waals surface area contributed by atoms with E-state index in [1.807, 2.05) is 0 Å². The molecule has 1 saturated heterocycles. The third-order valence-corrected chi connectivity index (χ3v) is 6.80. The zero-order chi connectivity index (χ0) is 14.2. The maximum absolute atomic E-state index is 4.05. The van der Waals surface area contributed by atoms with Crippen molar-refractivity contribution in [2.75, 3.05) is 13.1 Å². The minimum Gasteiger partial charge on any atom is -0.310 e. The molecule has 0 aromatic carbocycles. The van der Waals surface area contributed by atoms with E-state index in [1.165, 1.54) is 77.3 Å². The Hall–Kier alpha value is -0.0800. The van der Waals surface area contributed by atoms with Crippen LogP contribution in [-0.4, -0.2) is 36.1 Å². The zero-order valence-electron chi connectivity index (χ0n) is 13.9. The molecule has 4 aliphatic rings. The van der Waals surface area contributed by atoms with Crippen LogP contribution in [0.2, 0.25) is 0 Å². The van der Waals surface area contributed by atoms with Gasteiger partial charge in [0.15, 0.2) is 0 Å². The summed E-state index contributed by atoms with van der Waals surface area (Å²) in [5.74, 6) is 3.04. The van der Waals surface area contributed by atoms with Crippen LogP contribution in [0.15, 0.2) is 0 Å². The highest BCUT2D eigenvalue weighted by atomic mass is 15.2. The second-order valence-electron chi connectivity index (χ2n) is 8.70. The molecule has 2 heteroatoms. The topological polar surface area (TPSA) is 15.3 Å². The first kappa shape index (κ1) is 14.5. The molecule has 1 aliphatic heterocycles. The van der Waals surface area contributed by atoms with Gasteiger partial charge in [0.1, 0.15) is 0 Å². The van der Waals surface area contributed by atoms with Gasteiger partial charge in [-0.05, 0) is 56.3 Å². The smallest absolute Gasteiger partial charge is 0.0200 e. The fraction of sp³-hybridized carbons (Fsp3) is 1.00. The van der Waals surface area contributed by atoms with Crippen molar-refractivity contribution in [3.63, 3.8) is 0 Å². The van der Waals surface area contributed by atoms with Crippen LogP contribution in [-0.2, 0) is 0 Å². The SMILES string of the molecule is CC1CCC1N1CC(CC2CC2)CC(NC2CCCC2)C1. The molecule has 1 N–H and O–H groups in total. The third-order valence-electron chi connectivity index (χ3n) is 6.80. The first-order valence-corrected chi connectivity index (χ1v) is 9.78. The molecule has 4 unspecified atom stereocenters. The van der Waals surface area contributed by atoms with Gasteiger partial charge in [-0.1, -0.05) is 32.6 Å². The Morgan fingerprint density at radius 3 is 2.29 bits per heavy atom. The van der Waals surface area contributed by atoms with Crippen LogP contribution in [0, 0.1) is 17.8 Å². The number of nitrogens with zero attached hydrogens (tertiary/aromatic N) is 1. The molecule has 0 amide bonds. The van der Waals surface area contributed by atoms with Gasteiger partial charge in [-0.2, -0.15) is 0 Å². The van der Waals surface area contributed by atoms with Gasteiger partial charge >= 0.3 is 0 Å². The standard InChI is InChI=1S/C19H34N2/c1-14-6-9-19(14)21-12-16(10-15-7-8-15)11-18(13-21)20-17-4-2-3-5-17/h14-20H,2-13H2,1H3. The molecular weight excluding hydrogens is 256 g/mol. The van der Waals surface area contributed by atoms with E-state index in [1.54, 1.807) is 0 Å². The first-order valence-electron chi connectivity index (χ1n) is 9.78. The number of piperidine rings is 1. The molecule has 3 aliphatic carbocycles. The average Bonchev–Trinajstić information content (AvgIpc) is 3.10. The minimum atomic E-state index is 0.790. The lowest BCUT2D eigenvalue weighted by atomic mass is 9.77. The highest BCUT2D eigenvalue weighted by Gasteiger charge is 2.39. The van der Waals surface area contributed by atoms with Gasteiger partial charge in [-0.3, -0.25) is 4.90 Å². The molecule has 0 aromatic rings. The van der Waals surface area contributed by atoms with Crippen LogP contribution in [0.25, 0.3) is 0 Å². The minimum absolute atomic E-state index is 0.790. The second kappa shape index (κ2) is 6.20. The molecule has 21 heavy (non-hydrogen) atoms. The summed E-state index contributed by atoms with van der Waals surface area (Å²) in [7, 11) is 0. The molecule has 0 aromatic heterocycles. The van der Waals surface area contributed by atoms with E-state index in [0.717, 1.165) is 35.9 Å². The van der Waals surface area contributed by atoms with Gasteiger partial charge in [0, 0.05) is 31.2 Å². The van der Waals surface area contributed by atoms with Crippen LogP contribution >= 0.6 is 0 Å². The van der Waals surface area contributed by atoms with E-state index in [4.69, 9.17) is 0 Å². The Morgan fingerprint density at radius 2 is 1.67 bits per heavy atom. The van der Waals surface area contributed by atoms with Crippen molar-refractivity contribution >= 4 is 0 Å². The molecule has 2 nitrogen and oxygen atoms in total.